The van der Waals surface area contributed by atoms with Gasteiger partial charge in [-0.1, -0.05) is 0 Å². The van der Waals surface area contributed by atoms with Gasteiger partial charge in [0.25, 0.3) is 0 Å². The van der Waals surface area contributed by atoms with E-state index in [1.54, 1.807) is 4.72 Å². The van der Waals surface area contributed by atoms with Gasteiger partial charge in [-0.05, 0) is 22.0 Å². The highest BCUT2D eigenvalue weighted by Crippen LogP contribution is 2.26. The van der Waals surface area contributed by atoms with Crippen molar-refractivity contribution in [3.63, 3.8) is 0 Å². The van der Waals surface area contributed by atoms with Crippen LogP contribution in [-0.4, -0.2) is 37.2 Å². The van der Waals surface area contributed by atoms with Crippen molar-refractivity contribution in [2.24, 2.45) is 0 Å². The fourth-order valence-corrected chi connectivity index (χ4v) is 3.54. The third kappa shape index (κ3) is 3.69. The molecule has 1 rings (SSSR count). The third-order valence-electron chi connectivity index (χ3n) is 2.01. The van der Waals surface area contributed by atoms with E-state index in [9.17, 15) is 22.0 Å². The van der Waals surface area contributed by atoms with Gasteiger partial charge < -0.3 is 10.2 Å². The lowest BCUT2D eigenvalue weighted by Gasteiger charge is -2.13. The van der Waals surface area contributed by atoms with Crippen molar-refractivity contribution in [2.45, 2.75) is 10.9 Å². The number of carbonyl (C=O) groups is 1. The van der Waals surface area contributed by atoms with E-state index in [1.165, 1.54) is 0 Å². The number of aliphatic hydroxyl groups excluding tert-OH is 1. The Morgan fingerprint density at radius 3 is 2.42 bits per heavy atom. The highest BCUT2D eigenvalue weighted by Gasteiger charge is 2.29. The number of hydrogen-bond donors (Lipinski definition) is 3. The summed E-state index contributed by atoms with van der Waals surface area (Å²) >= 11 is 2.67. The molecule has 0 spiro atoms. The topological polar surface area (TPSA) is 104 Å². The smallest absolute Gasteiger partial charge is 0.324 e. The van der Waals surface area contributed by atoms with E-state index in [0.717, 1.165) is 0 Å². The molecule has 0 unspecified atom stereocenters. The summed E-state index contributed by atoms with van der Waals surface area (Å²) in [6.07, 6.45) is 0. The van der Waals surface area contributed by atoms with E-state index in [-0.39, 0.29) is 0 Å². The molecule has 1 atom stereocenters. The first kappa shape index (κ1) is 16.0. The zero-order chi connectivity index (χ0) is 14.8. The van der Waals surface area contributed by atoms with Crippen LogP contribution in [0, 0.1) is 11.6 Å². The van der Waals surface area contributed by atoms with Crippen molar-refractivity contribution in [3.05, 3.63) is 28.2 Å². The Morgan fingerprint density at radius 2 is 2.00 bits per heavy atom. The standard InChI is InChI=1S/C9H8BrF2NO5S/c10-5-1-4(11)2-6(12)8(5)19(17,18)13-7(3-14)9(15)16/h1-2,7,13-14H,3H2,(H,15,16)/t7-/m1/s1. The number of aliphatic carboxylic acids is 1. The van der Waals surface area contributed by atoms with Gasteiger partial charge in [0, 0.05) is 10.5 Å². The Hall–Kier alpha value is -1.10. The van der Waals surface area contributed by atoms with Crippen molar-refractivity contribution in [3.8, 4) is 0 Å². The molecule has 1 aromatic carbocycles. The Bertz CT molecular complexity index is 584. The van der Waals surface area contributed by atoms with Gasteiger partial charge in [-0.2, -0.15) is 4.72 Å². The summed E-state index contributed by atoms with van der Waals surface area (Å²) in [5.74, 6) is -4.02. The van der Waals surface area contributed by atoms with Crippen LogP contribution in [-0.2, 0) is 14.8 Å². The average Bonchev–Trinajstić information content (AvgIpc) is 2.23. The van der Waals surface area contributed by atoms with Gasteiger partial charge in [-0.3, -0.25) is 4.79 Å². The highest BCUT2D eigenvalue weighted by atomic mass is 79.9. The van der Waals surface area contributed by atoms with Gasteiger partial charge in [0.1, 0.15) is 22.6 Å². The summed E-state index contributed by atoms with van der Waals surface area (Å²) in [7, 11) is -4.57. The van der Waals surface area contributed by atoms with Crippen LogP contribution in [0.5, 0.6) is 0 Å². The third-order valence-corrected chi connectivity index (χ3v) is 4.44. The first-order chi connectivity index (χ1) is 8.69. The molecule has 0 heterocycles. The van der Waals surface area contributed by atoms with Crippen LogP contribution in [0.15, 0.2) is 21.5 Å². The fourth-order valence-electron chi connectivity index (χ4n) is 1.20. The molecule has 0 bridgehead atoms. The molecule has 3 N–H and O–H groups in total. The van der Waals surface area contributed by atoms with E-state index in [0.29, 0.717) is 12.1 Å². The molecule has 19 heavy (non-hydrogen) atoms. The van der Waals surface area contributed by atoms with Crippen molar-refractivity contribution in [1.82, 2.24) is 4.72 Å². The number of carboxylic acid groups (broad SMARTS) is 1. The van der Waals surface area contributed by atoms with Crippen LogP contribution in [0.3, 0.4) is 0 Å². The fraction of sp³-hybridized carbons (Fsp3) is 0.222. The Balaban J connectivity index is 3.25. The van der Waals surface area contributed by atoms with E-state index in [4.69, 9.17) is 10.2 Å². The molecule has 0 radical (unpaired) electrons. The van der Waals surface area contributed by atoms with Crippen LogP contribution in [0.1, 0.15) is 0 Å². The SMILES string of the molecule is O=C(O)[C@@H](CO)NS(=O)(=O)c1c(F)cc(F)cc1Br. The molecule has 1 aromatic rings. The van der Waals surface area contributed by atoms with Gasteiger partial charge in [0.2, 0.25) is 10.0 Å². The predicted molar refractivity (Wildman–Crippen MR) is 62.9 cm³/mol. The van der Waals surface area contributed by atoms with Crippen LogP contribution in [0.25, 0.3) is 0 Å². The molecule has 0 aliphatic heterocycles. The summed E-state index contributed by atoms with van der Waals surface area (Å²) in [6, 6.07) is -0.776. The Kier molecular flexibility index (Phi) is 4.96. The van der Waals surface area contributed by atoms with E-state index in [1.807, 2.05) is 0 Å². The Labute approximate surface area is 115 Å². The van der Waals surface area contributed by atoms with Gasteiger partial charge in [-0.25, -0.2) is 17.2 Å². The quantitative estimate of drug-likeness (QED) is 0.708. The van der Waals surface area contributed by atoms with Crippen LogP contribution in [0.2, 0.25) is 0 Å². The van der Waals surface area contributed by atoms with Gasteiger partial charge in [0.05, 0.1) is 6.61 Å². The highest BCUT2D eigenvalue weighted by molar-refractivity contribution is 9.10. The molecule has 0 fully saturated rings. The van der Waals surface area contributed by atoms with Gasteiger partial charge in [0.15, 0.2) is 0 Å². The maximum Gasteiger partial charge on any atom is 0.324 e. The minimum Gasteiger partial charge on any atom is -0.480 e. The number of carboxylic acids is 1. The average molecular weight is 360 g/mol. The second kappa shape index (κ2) is 5.90. The number of nitrogens with one attached hydrogen (secondary N) is 1. The molecule has 10 heteroatoms. The summed E-state index contributed by atoms with van der Waals surface area (Å²) < 4.78 is 51.0. The summed E-state index contributed by atoms with van der Waals surface area (Å²) in [6.45, 7) is -1.02. The number of aliphatic hydroxyl groups is 1. The number of halogens is 3. The molecular weight excluding hydrogens is 352 g/mol. The molecule has 0 saturated heterocycles. The maximum atomic E-state index is 13.5. The van der Waals surface area contributed by atoms with E-state index < -0.39 is 49.6 Å². The number of rotatable bonds is 5. The number of sulfonamides is 1. The molecule has 0 aliphatic carbocycles. The van der Waals surface area contributed by atoms with Crippen molar-refractivity contribution >= 4 is 31.9 Å². The zero-order valence-electron chi connectivity index (χ0n) is 9.10. The number of benzene rings is 1. The minimum absolute atomic E-state index is 0.341. The molecule has 0 aromatic heterocycles. The monoisotopic (exact) mass is 359 g/mol. The minimum atomic E-state index is -4.57. The molecule has 0 amide bonds. The zero-order valence-corrected chi connectivity index (χ0v) is 11.5. The molecule has 0 aliphatic rings. The summed E-state index contributed by atoms with van der Waals surface area (Å²) in [5.41, 5.74) is 0. The van der Waals surface area contributed by atoms with Crippen molar-refractivity contribution in [1.29, 1.82) is 0 Å². The molecule has 6 nitrogen and oxygen atoms in total. The van der Waals surface area contributed by atoms with Crippen molar-refractivity contribution < 1.29 is 32.2 Å². The predicted octanol–water partition coefficient (Wildman–Crippen LogP) is 0.451. The molecule has 106 valence electrons. The van der Waals surface area contributed by atoms with Gasteiger partial charge >= 0.3 is 5.97 Å². The largest absolute Gasteiger partial charge is 0.480 e. The lowest BCUT2D eigenvalue weighted by atomic mass is 10.3. The molecule has 0 saturated carbocycles. The number of hydrogen-bond acceptors (Lipinski definition) is 4. The van der Waals surface area contributed by atoms with E-state index in [2.05, 4.69) is 15.9 Å². The molecular formula is C9H8BrF2NO5S. The van der Waals surface area contributed by atoms with Crippen LogP contribution < -0.4 is 4.72 Å². The van der Waals surface area contributed by atoms with Gasteiger partial charge in [-0.15, -0.1) is 0 Å². The van der Waals surface area contributed by atoms with Crippen LogP contribution >= 0.6 is 15.9 Å². The Morgan fingerprint density at radius 1 is 1.42 bits per heavy atom. The normalized spacial score (nSPS) is 13.3. The first-order valence-corrected chi connectivity index (χ1v) is 6.97. The summed E-state index contributed by atoms with van der Waals surface area (Å²) in [4.78, 5) is 9.67. The van der Waals surface area contributed by atoms with Crippen molar-refractivity contribution in [2.75, 3.05) is 6.61 Å². The maximum absolute atomic E-state index is 13.5. The lowest BCUT2D eigenvalue weighted by molar-refractivity contribution is -0.139. The summed E-state index contributed by atoms with van der Waals surface area (Å²) in [5, 5.41) is 17.3. The van der Waals surface area contributed by atoms with Crippen LogP contribution in [0.4, 0.5) is 8.78 Å². The lowest BCUT2D eigenvalue weighted by Crippen LogP contribution is -2.43. The second-order valence-electron chi connectivity index (χ2n) is 3.39. The van der Waals surface area contributed by atoms with E-state index >= 15 is 0 Å². The first-order valence-electron chi connectivity index (χ1n) is 4.69. The second-order valence-corrected chi connectivity index (χ2v) is 5.90.